The summed E-state index contributed by atoms with van der Waals surface area (Å²) in [4.78, 5) is 4.35. The van der Waals surface area contributed by atoms with Crippen molar-refractivity contribution in [2.24, 2.45) is 0 Å². The summed E-state index contributed by atoms with van der Waals surface area (Å²) in [6.07, 6.45) is 7.41. The number of hydrogen-bond acceptors (Lipinski definition) is 1. The van der Waals surface area contributed by atoms with Crippen molar-refractivity contribution in [1.82, 2.24) is 4.98 Å². The fraction of sp³-hybridized carbons (Fsp3) is 0.250. The van der Waals surface area contributed by atoms with Crippen molar-refractivity contribution in [3.63, 3.8) is 0 Å². The van der Waals surface area contributed by atoms with E-state index in [1.165, 1.54) is 41.5 Å². The minimum absolute atomic E-state index is 0.910. The van der Waals surface area contributed by atoms with Crippen molar-refractivity contribution in [3.05, 3.63) is 78.1 Å². The second kappa shape index (κ2) is 6.09. The van der Waals surface area contributed by atoms with Crippen molar-refractivity contribution < 1.29 is 0 Å². The largest absolute Gasteiger partial charge is 0.257 e. The zero-order valence-corrected chi connectivity index (χ0v) is 12.4. The second-order valence-electron chi connectivity index (χ2n) is 5.76. The predicted octanol–water partition coefficient (Wildman–Crippen LogP) is 5.08. The van der Waals surface area contributed by atoms with E-state index in [0.717, 1.165) is 24.1 Å². The van der Waals surface area contributed by atoms with E-state index in [9.17, 15) is 0 Å². The van der Waals surface area contributed by atoms with Crippen LogP contribution in [0, 0.1) is 0 Å². The normalized spacial score (nSPS) is 13.0. The van der Waals surface area contributed by atoms with Gasteiger partial charge in [-0.3, -0.25) is 4.98 Å². The molecule has 3 rings (SSSR count). The lowest BCUT2D eigenvalue weighted by molar-refractivity contribution is 0.911. The van der Waals surface area contributed by atoms with Gasteiger partial charge in [-0.05, 0) is 72.1 Å². The highest BCUT2D eigenvalue weighted by atomic mass is 14.7. The Morgan fingerprint density at radius 1 is 0.952 bits per heavy atom. The van der Waals surface area contributed by atoms with Crippen LogP contribution >= 0.6 is 0 Å². The molecule has 0 bridgehead atoms. The van der Waals surface area contributed by atoms with Crippen LogP contribution in [-0.4, -0.2) is 4.98 Å². The zero-order chi connectivity index (χ0) is 14.7. The molecule has 0 amide bonds. The quantitative estimate of drug-likeness (QED) is 0.741. The minimum atomic E-state index is 0.910. The molecule has 1 nitrogen and oxygen atoms in total. The number of nitrogens with zero attached hydrogens (tertiary/aromatic N) is 1. The molecule has 0 aliphatic heterocycles. The van der Waals surface area contributed by atoms with E-state index in [0.29, 0.717) is 0 Å². The molecule has 0 spiro atoms. The standard InChI is InChI=1S/C20H21N/c1-15(9-10-16(2)20-8-3-4-13-21-20)18-12-11-17-6-5-7-19(17)14-18/h3-4,8,11-14H,1-2,5-7,9-10H2. The molecular formula is C20H21N. The van der Waals surface area contributed by atoms with E-state index >= 15 is 0 Å². The third-order valence-electron chi connectivity index (χ3n) is 4.26. The molecule has 1 aromatic heterocycles. The van der Waals surface area contributed by atoms with Gasteiger partial charge >= 0.3 is 0 Å². The van der Waals surface area contributed by atoms with Crippen LogP contribution in [-0.2, 0) is 12.8 Å². The number of allylic oxidation sites excluding steroid dienone is 2. The van der Waals surface area contributed by atoms with Gasteiger partial charge < -0.3 is 0 Å². The average Bonchev–Trinajstić information content (AvgIpc) is 3.00. The number of fused-ring (bicyclic) bond motifs is 1. The maximum absolute atomic E-state index is 4.35. The smallest absolute Gasteiger partial charge is 0.0655 e. The van der Waals surface area contributed by atoms with Crippen LogP contribution in [0.3, 0.4) is 0 Å². The van der Waals surface area contributed by atoms with E-state index in [1.54, 1.807) is 0 Å². The summed E-state index contributed by atoms with van der Waals surface area (Å²) in [5.41, 5.74) is 7.57. The van der Waals surface area contributed by atoms with Crippen molar-refractivity contribution in [3.8, 4) is 0 Å². The van der Waals surface area contributed by atoms with Gasteiger partial charge in [0.05, 0.1) is 5.69 Å². The molecule has 2 aromatic rings. The lowest BCUT2D eigenvalue weighted by atomic mass is 9.96. The number of benzene rings is 1. The first kappa shape index (κ1) is 13.8. The third-order valence-corrected chi connectivity index (χ3v) is 4.26. The highest BCUT2D eigenvalue weighted by Gasteiger charge is 2.12. The van der Waals surface area contributed by atoms with Crippen LogP contribution in [0.25, 0.3) is 11.1 Å². The summed E-state index contributed by atoms with van der Waals surface area (Å²) in [5, 5.41) is 0. The summed E-state index contributed by atoms with van der Waals surface area (Å²) in [6, 6.07) is 12.8. The molecule has 1 heterocycles. The molecule has 0 radical (unpaired) electrons. The number of pyridine rings is 1. The molecule has 106 valence electrons. The van der Waals surface area contributed by atoms with Crippen LogP contribution in [0.4, 0.5) is 0 Å². The average molecular weight is 275 g/mol. The topological polar surface area (TPSA) is 12.9 Å². The number of rotatable bonds is 5. The van der Waals surface area contributed by atoms with Crippen molar-refractivity contribution in [1.29, 1.82) is 0 Å². The van der Waals surface area contributed by atoms with E-state index in [1.807, 2.05) is 24.4 Å². The zero-order valence-electron chi connectivity index (χ0n) is 12.4. The Bertz CT molecular complexity index is 667. The first-order valence-electron chi connectivity index (χ1n) is 7.63. The van der Waals surface area contributed by atoms with Crippen LogP contribution in [0.1, 0.15) is 41.6 Å². The highest BCUT2D eigenvalue weighted by Crippen LogP contribution is 2.28. The van der Waals surface area contributed by atoms with E-state index in [-0.39, 0.29) is 0 Å². The number of hydrogen-bond donors (Lipinski definition) is 0. The minimum Gasteiger partial charge on any atom is -0.257 e. The molecule has 0 atom stereocenters. The van der Waals surface area contributed by atoms with Gasteiger partial charge in [0.1, 0.15) is 0 Å². The van der Waals surface area contributed by atoms with Crippen LogP contribution in [0.2, 0.25) is 0 Å². The van der Waals surface area contributed by atoms with Gasteiger partial charge in [-0.15, -0.1) is 0 Å². The molecular weight excluding hydrogens is 254 g/mol. The second-order valence-corrected chi connectivity index (χ2v) is 5.76. The molecule has 0 N–H and O–H groups in total. The Morgan fingerprint density at radius 2 is 1.76 bits per heavy atom. The first-order chi connectivity index (χ1) is 10.2. The van der Waals surface area contributed by atoms with E-state index in [2.05, 4.69) is 36.3 Å². The fourth-order valence-corrected chi connectivity index (χ4v) is 2.94. The molecule has 0 fully saturated rings. The van der Waals surface area contributed by atoms with Gasteiger partial charge in [0.25, 0.3) is 0 Å². The summed E-state index contributed by atoms with van der Waals surface area (Å²) in [6.45, 7) is 8.40. The lowest BCUT2D eigenvalue weighted by Gasteiger charge is -2.10. The maximum Gasteiger partial charge on any atom is 0.0655 e. The van der Waals surface area contributed by atoms with Gasteiger partial charge in [0.2, 0.25) is 0 Å². The lowest BCUT2D eigenvalue weighted by Crippen LogP contribution is -1.91. The molecule has 0 saturated carbocycles. The van der Waals surface area contributed by atoms with Crippen molar-refractivity contribution in [2.75, 3.05) is 0 Å². The van der Waals surface area contributed by atoms with Gasteiger partial charge in [-0.25, -0.2) is 0 Å². The number of aromatic nitrogens is 1. The Balaban J connectivity index is 1.63. The SMILES string of the molecule is C=C(CCC(=C)c1ccccn1)c1ccc2c(c1)CCC2. The van der Waals surface area contributed by atoms with Crippen LogP contribution < -0.4 is 0 Å². The van der Waals surface area contributed by atoms with Gasteiger partial charge in [0, 0.05) is 6.20 Å². The number of aryl methyl sites for hydroxylation is 2. The van der Waals surface area contributed by atoms with Crippen LogP contribution in [0.5, 0.6) is 0 Å². The highest BCUT2D eigenvalue weighted by molar-refractivity contribution is 5.68. The molecule has 21 heavy (non-hydrogen) atoms. The maximum atomic E-state index is 4.35. The van der Waals surface area contributed by atoms with Crippen LogP contribution in [0.15, 0.2) is 55.8 Å². The molecule has 1 aliphatic rings. The summed E-state index contributed by atoms with van der Waals surface area (Å²) in [5.74, 6) is 0. The molecule has 1 heteroatoms. The summed E-state index contributed by atoms with van der Waals surface area (Å²) < 4.78 is 0. The van der Waals surface area contributed by atoms with Crippen molar-refractivity contribution in [2.45, 2.75) is 32.1 Å². The Labute approximate surface area is 127 Å². The molecule has 0 unspecified atom stereocenters. The van der Waals surface area contributed by atoms with E-state index in [4.69, 9.17) is 0 Å². The molecule has 0 saturated heterocycles. The van der Waals surface area contributed by atoms with Gasteiger partial charge in [-0.1, -0.05) is 37.4 Å². The Morgan fingerprint density at radius 3 is 2.57 bits per heavy atom. The first-order valence-corrected chi connectivity index (χ1v) is 7.63. The Kier molecular flexibility index (Phi) is 4.01. The summed E-state index contributed by atoms with van der Waals surface area (Å²) in [7, 11) is 0. The van der Waals surface area contributed by atoms with Gasteiger partial charge in [-0.2, -0.15) is 0 Å². The molecule has 1 aliphatic carbocycles. The van der Waals surface area contributed by atoms with Gasteiger partial charge in [0.15, 0.2) is 0 Å². The Hall–Kier alpha value is -2.15. The monoisotopic (exact) mass is 275 g/mol. The third kappa shape index (κ3) is 3.13. The fourth-order valence-electron chi connectivity index (χ4n) is 2.94. The van der Waals surface area contributed by atoms with Crippen molar-refractivity contribution >= 4 is 11.1 Å². The summed E-state index contributed by atoms with van der Waals surface area (Å²) >= 11 is 0. The molecule has 1 aromatic carbocycles. The predicted molar refractivity (Wildman–Crippen MR) is 90.0 cm³/mol. The van der Waals surface area contributed by atoms with E-state index < -0.39 is 0 Å².